The van der Waals surface area contributed by atoms with E-state index in [4.69, 9.17) is 4.52 Å². The molecule has 1 N–H and O–H groups in total. The van der Waals surface area contributed by atoms with Crippen LogP contribution < -0.4 is 5.32 Å². The van der Waals surface area contributed by atoms with Crippen LogP contribution in [0.25, 0.3) is 11.4 Å². The second kappa shape index (κ2) is 8.53. The molecule has 3 heterocycles. The number of rotatable bonds is 6. The molecule has 0 atom stereocenters. The molecule has 2 fully saturated rings. The molecule has 0 unspecified atom stereocenters. The van der Waals surface area contributed by atoms with E-state index < -0.39 is 10.0 Å². The number of hydrogen-bond acceptors (Lipinski definition) is 7. The standard InChI is InChI=1S/C19H26N4O4S2/c1-2-16-21-18(22-27-16)14-11-17(28-12-14)29(25,26)23-9-7-13(8-10-23)19(24)20-15-5-3-4-6-15/h11-13,15H,2-10H2,1H3,(H,20,24). The Kier molecular flexibility index (Phi) is 6.03. The summed E-state index contributed by atoms with van der Waals surface area (Å²) in [4.78, 5) is 16.7. The average molecular weight is 439 g/mol. The molecule has 2 aromatic heterocycles. The van der Waals surface area contributed by atoms with E-state index >= 15 is 0 Å². The lowest BCUT2D eigenvalue weighted by molar-refractivity contribution is -0.126. The number of carbonyl (C=O) groups is 1. The van der Waals surface area contributed by atoms with Crippen molar-refractivity contribution in [3.63, 3.8) is 0 Å². The molecule has 1 saturated carbocycles. The van der Waals surface area contributed by atoms with E-state index in [-0.39, 0.29) is 16.0 Å². The van der Waals surface area contributed by atoms with Crippen LogP contribution in [0.15, 0.2) is 20.2 Å². The van der Waals surface area contributed by atoms with Crippen molar-refractivity contribution in [1.29, 1.82) is 0 Å². The summed E-state index contributed by atoms with van der Waals surface area (Å²) in [5, 5.41) is 8.77. The molecule has 0 radical (unpaired) electrons. The van der Waals surface area contributed by atoms with Gasteiger partial charge in [0, 0.05) is 42.4 Å². The van der Waals surface area contributed by atoms with Crippen molar-refractivity contribution < 1.29 is 17.7 Å². The molecule has 29 heavy (non-hydrogen) atoms. The van der Waals surface area contributed by atoms with Gasteiger partial charge in [-0.1, -0.05) is 24.9 Å². The van der Waals surface area contributed by atoms with E-state index in [1.165, 1.54) is 17.1 Å². The third-order valence-corrected chi connectivity index (χ3v) is 9.04. The van der Waals surface area contributed by atoms with Crippen molar-refractivity contribution in [2.24, 2.45) is 5.92 Å². The quantitative estimate of drug-likeness (QED) is 0.743. The van der Waals surface area contributed by atoms with Crippen molar-refractivity contribution in [3.8, 4) is 11.4 Å². The van der Waals surface area contributed by atoms with Crippen LogP contribution in [-0.4, -0.2) is 47.9 Å². The minimum Gasteiger partial charge on any atom is -0.353 e. The van der Waals surface area contributed by atoms with Gasteiger partial charge in [0.15, 0.2) is 0 Å². The Balaban J connectivity index is 1.38. The molecule has 10 heteroatoms. The van der Waals surface area contributed by atoms with Crippen LogP contribution in [0.1, 0.15) is 51.3 Å². The first-order chi connectivity index (χ1) is 14.0. The van der Waals surface area contributed by atoms with Gasteiger partial charge in [0.25, 0.3) is 10.0 Å². The summed E-state index contributed by atoms with van der Waals surface area (Å²) >= 11 is 1.16. The van der Waals surface area contributed by atoms with E-state index in [0.717, 1.165) is 24.2 Å². The van der Waals surface area contributed by atoms with Gasteiger partial charge in [0.05, 0.1) is 0 Å². The smallest absolute Gasteiger partial charge is 0.252 e. The van der Waals surface area contributed by atoms with Crippen LogP contribution in [0.2, 0.25) is 0 Å². The molecule has 1 saturated heterocycles. The highest BCUT2D eigenvalue weighted by Gasteiger charge is 2.34. The number of thiophene rings is 1. The first-order valence-electron chi connectivity index (χ1n) is 10.2. The summed E-state index contributed by atoms with van der Waals surface area (Å²) in [6, 6.07) is 1.90. The van der Waals surface area contributed by atoms with E-state index in [2.05, 4.69) is 15.5 Å². The zero-order valence-corrected chi connectivity index (χ0v) is 18.1. The lowest BCUT2D eigenvalue weighted by Gasteiger charge is -2.30. The van der Waals surface area contributed by atoms with Gasteiger partial charge in [-0.3, -0.25) is 4.79 Å². The fraction of sp³-hybridized carbons (Fsp3) is 0.632. The SMILES string of the molecule is CCc1nc(-c2csc(S(=O)(=O)N3CCC(C(=O)NC4CCCC4)CC3)c2)no1. The van der Waals surface area contributed by atoms with Crippen LogP contribution in [0, 0.1) is 5.92 Å². The largest absolute Gasteiger partial charge is 0.353 e. The van der Waals surface area contributed by atoms with Gasteiger partial charge < -0.3 is 9.84 Å². The van der Waals surface area contributed by atoms with Crippen molar-refractivity contribution in [2.75, 3.05) is 13.1 Å². The number of carbonyl (C=O) groups excluding carboxylic acids is 1. The third-order valence-electron chi connectivity index (χ3n) is 5.72. The Hall–Kier alpha value is -1.78. The minimum absolute atomic E-state index is 0.0798. The average Bonchev–Trinajstić information content (AvgIpc) is 3.48. The molecule has 4 rings (SSSR count). The van der Waals surface area contributed by atoms with Crippen LogP contribution in [-0.2, 0) is 21.2 Å². The highest BCUT2D eigenvalue weighted by molar-refractivity contribution is 7.91. The molecule has 1 aliphatic heterocycles. The van der Waals surface area contributed by atoms with Gasteiger partial charge in [-0.2, -0.15) is 9.29 Å². The maximum Gasteiger partial charge on any atom is 0.252 e. The van der Waals surface area contributed by atoms with Crippen molar-refractivity contribution in [1.82, 2.24) is 19.8 Å². The number of amides is 1. The molecule has 0 bridgehead atoms. The van der Waals surface area contributed by atoms with Crippen molar-refractivity contribution in [2.45, 2.75) is 62.1 Å². The highest BCUT2D eigenvalue weighted by Crippen LogP contribution is 2.31. The summed E-state index contributed by atoms with van der Waals surface area (Å²) in [6.45, 7) is 2.64. The Morgan fingerprint density at radius 1 is 1.28 bits per heavy atom. The Morgan fingerprint density at radius 3 is 2.66 bits per heavy atom. The summed E-state index contributed by atoms with van der Waals surface area (Å²) in [6.07, 6.45) is 6.20. The second-order valence-electron chi connectivity index (χ2n) is 7.69. The predicted octanol–water partition coefficient (Wildman–Crippen LogP) is 2.82. The number of aryl methyl sites for hydroxylation is 1. The molecular weight excluding hydrogens is 412 g/mol. The van der Waals surface area contributed by atoms with E-state index in [1.54, 1.807) is 11.4 Å². The maximum atomic E-state index is 13.0. The molecule has 2 aliphatic rings. The van der Waals surface area contributed by atoms with Gasteiger partial charge in [-0.15, -0.1) is 11.3 Å². The molecule has 1 aliphatic carbocycles. The zero-order chi connectivity index (χ0) is 20.4. The maximum absolute atomic E-state index is 13.0. The van der Waals surface area contributed by atoms with Crippen molar-refractivity contribution >= 4 is 27.3 Å². The third kappa shape index (κ3) is 4.39. The van der Waals surface area contributed by atoms with E-state index in [1.807, 2.05) is 6.92 Å². The van der Waals surface area contributed by atoms with Crippen LogP contribution in [0.4, 0.5) is 0 Å². The Bertz CT molecular complexity index is 955. The Morgan fingerprint density at radius 2 is 2.00 bits per heavy atom. The molecule has 0 aromatic carbocycles. The number of aromatic nitrogens is 2. The topological polar surface area (TPSA) is 105 Å². The monoisotopic (exact) mass is 438 g/mol. The fourth-order valence-electron chi connectivity index (χ4n) is 3.96. The highest BCUT2D eigenvalue weighted by atomic mass is 32.2. The number of piperidine rings is 1. The van der Waals surface area contributed by atoms with Crippen LogP contribution in [0.3, 0.4) is 0 Å². The van der Waals surface area contributed by atoms with Gasteiger partial charge in [0.1, 0.15) is 4.21 Å². The fourth-order valence-corrected chi connectivity index (χ4v) is 6.74. The van der Waals surface area contributed by atoms with E-state index in [9.17, 15) is 13.2 Å². The summed E-state index contributed by atoms with van der Waals surface area (Å²) in [7, 11) is -3.59. The normalized spacial score (nSPS) is 19.6. The Labute approximate surface area is 174 Å². The number of nitrogens with zero attached hydrogens (tertiary/aromatic N) is 3. The first-order valence-corrected chi connectivity index (χ1v) is 12.5. The number of hydrogen-bond donors (Lipinski definition) is 1. The van der Waals surface area contributed by atoms with Gasteiger partial charge in [-0.25, -0.2) is 8.42 Å². The van der Waals surface area contributed by atoms with Gasteiger partial charge >= 0.3 is 0 Å². The second-order valence-corrected chi connectivity index (χ2v) is 10.8. The molecule has 0 spiro atoms. The molecule has 1 amide bonds. The van der Waals surface area contributed by atoms with Crippen LogP contribution in [0.5, 0.6) is 0 Å². The zero-order valence-electron chi connectivity index (χ0n) is 16.5. The number of nitrogens with one attached hydrogen (secondary N) is 1. The lowest BCUT2D eigenvalue weighted by atomic mass is 9.97. The molecular formula is C19H26N4O4S2. The van der Waals surface area contributed by atoms with Crippen molar-refractivity contribution in [3.05, 3.63) is 17.3 Å². The van der Waals surface area contributed by atoms with Gasteiger partial charge in [0.2, 0.25) is 17.6 Å². The first kappa shape index (κ1) is 20.5. The molecule has 158 valence electrons. The summed E-state index contributed by atoms with van der Waals surface area (Å²) < 4.78 is 32.9. The lowest BCUT2D eigenvalue weighted by Crippen LogP contribution is -2.44. The summed E-state index contributed by atoms with van der Waals surface area (Å²) in [5.41, 5.74) is 0.642. The minimum atomic E-state index is -3.59. The molecule has 2 aromatic rings. The molecule has 8 nitrogen and oxygen atoms in total. The summed E-state index contributed by atoms with van der Waals surface area (Å²) in [5.74, 6) is 0.902. The van der Waals surface area contributed by atoms with Crippen LogP contribution >= 0.6 is 11.3 Å². The predicted molar refractivity (Wildman–Crippen MR) is 109 cm³/mol. The van der Waals surface area contributed by atoms with Gasteiger partial charge in [-0.05, 0) is 31.7 Å². The van der Waals surface area contributed by atoms with E-state index in [0.29, 0.717) is 55.7 Å². The number of sulfonamides is 1.